The Morgan fingerprint density at radius 3 is 1.65 bits per heavy atom. The van der Waals surface area contributed by atoms with Gasteiger partial charge in [0.05, 0.1) is 0 Å². The number of rotatable bonds is 11. The van der Waals surface area contributed by atoms with E-state index in [0.717, 1.165) is 0 Å². The van der Waals surface area contributed by atoms with E-state index in [1.807, 2.05) is 0 Å². The zero-order valence-electron chi connectivity index (χ0n) is 14.0. The standard InChI is InChI=1S/C6H5.C5H11.2C4H9.Sn/c1-2-4-6-5-3-1;1-3-5-4-2;2*1-3-4-2;/h1-5H;1,3-5H2,2H3;2*1,3-4H2,2H3;. The molecule has 0 unspecified atom stereocenters. The van der Waals surface area contributed by atoms with Gasteiger partial charge in [0.25, 0.3) is 0 Å². The fourth-order valence-electron chi connectivity index (χ4n) is 3.34. The summed E-state index contributed by atoms with van der Waals surface area (Å²) >= 11 is -2.12. The predicted octanol–water partition coefficient (Wildman–Crippen LogP) is 6.13. The first-order chi connectivity index (χ1) is 9.79. The zero-order valence-corrected chi connectivity index (χ0v) is 16.8. The van der Waals surface area contributed by atoms with Gasteiger partial charge in [-0.2, -0.15) is 0 Å². The van der Waals surface area contributed by atoms with Crippen LogP contribution in [0.25, 0.3) is 0 Å². The van der Waals surface area contributed by atoms with Gasteiger partial charge >= 0.3 is 131 Å². The molecule has 1 aromatic rings. The van der Waals surface area contributed by atoms with Crippen LogP contribution in [-0.2, 0) is 0 Å². The van der Waals surface area contributed by atoms with Crippen molar-refractivity contribution in [2.75, 3.05) is 0 Å². The Labute approximate surface area is 131 Å². The second kappa shape index (κ2) is 10.7. The topological polar surface area (TPSA) is 0 Å². The van der Waals surface area contributed by atoms with E-state index in [4.69, 9.17) is 0 Å². The van der Waals surface area contributed by atoms with Gasteiger partial charge in [-0.1, -0.05) is 0 Å². The van der Waals surface area contributed by atoms with E-state index in [1.54, 1.807) is 16.9 Å². The normalized spacial score (nSPS) is 11.8. The second-order valence-corrected chi connectivity index (χ2v) is 19.5. The van der Waals surface area contributed by atoms with Gasteiger partial charge in [-0.25, -0.2) is 0 Å². The Morgan fingerprint density at radius 1 is 0.650 bits per heavy atom. The van der Waals surface area contributed by atoms with Gasteiger partial charge in [0, 0.05) is 0 Å². The summed E-state index contributed by atoms with van der Waals surface area (Å²) in [4.78, 5) is 0. The average molecular weight is 381 g/mol. The van der Waals surface area contributed by atoms with Crippen molar-refractivity contribution in [1.29, 1.82) is 0 Å². The fraction of sp³-hybridized carbons (Fsp3) is 0.684. The maximum atomic E-state index is 2.47. The Kier molecular flexibility index (Phi) is 9.67. The van der Waals surface area contributed by atoms with Crippen molar-refractivity contribution < 1.29 is 0 Å². The van der Waals surface area contributed by atoms with Crippen LogP contribution < -0.4 is 3.58 Å². The molecule has 1 rings (SSSR count). The molecule has 0 heterocycles. The van der Waals surface area contributed by atoms with Crippen LogP contribution in [0, 0.1) is 0 Å². The molecule has 0 N–H and O–H groups in total. The first-order valence-electron chi connectivity index (χ1n) is 8.84. The summed E-state index contributed by atoms with van der Waals surface area (Å²) in [6.07, 6.45) is 9.93. The van der Waals surface area contributed by atoms with Gasteiger partial charge in [0.1, 0.15) is 0 Å². The van der Waals surface area contributed by atoms with Crippen LogP contribution >= 0.6 is 0 Å². The molecule has 0 radical (unpaired) electrons. The summed E-state index contributed by atoms with van der Waals surface area (Å²) in [6, 6.07) is 11.7. The molecule has 1 aromatic carbocycles. The summed E-state index contributed by atoms with van der Waals surface area (Å²) in [5.74, 6) is 0. The number of benzene rings is 1. The average Bonchev–Trinajstić information content (AvgIpc) is 2.51. The molecule has 0 fully saturated rings. The van der Waals surface area contributed by atoms with Gasteiger partial charge in [-0.3, -0.25) is 0 Å². The van der Waals surface area contributed by atoms with E-state index in [1.165, 1.54) is 44.9 Å². The first kappa shape index (κ1) is 18.1. The van der Waals surface area contributed by atoms with Gasteiger partial charge in [-0.15, -0.1) is 0 Å². The molecule has 0 amide bonds. The molecule has 0 aliphatic carbocycles. The Bertz CT molecular complexity index is 323. The molecule has 20 heavy (non-hydrogen) atoms. The molecule has 0 nitrogen and oxygen atoms in total. The SMILES string of the molecule is CCCC[CH2][Sn]([CH2]CCC)([CH2]CCC)[c]1ccccc1. The minimum absolute atomic E-state index is 1.36. The van der Waals surface area contributed by atoms with Crippen LogP contribution in [0.15, 0.2) is 30.3 Å². The third kappa shape index (κ3) is 5.79. The van der Waals surface area contributed by atoms with E-state index in [-0.39, 0.29) is 0 Å². The van der Waals surface area contributed by atoms with Crippen LogP contribution in [0.3, 0.4) is 0 Å². The Morgan fingerprint density at radius 2 is 1.15 bits per heavy atom. The fourth-order valence-corrected chi connectivity index (χ4v) is 19.0. The van der Waals surface area contributed by atoms with E-state index in [2.05, 4.69) is 51.1 Å². The van der Waals surface area contributed by atoms with Gasteiger partial charge in [0.2, 0.25) is 0 Å². The van der Waals surface area contributed by atoms with Crippen molar-refractivity contribution in [3.8, 4) is 0 Å². The summed E-state index contributed by atoms with van der Waals surface area (Å²) in [5, 5.41) is 0. The molecule has 1 heteroatoms. The molecule has 0 atom stereocenters. The summed E-state index contributed by atoms with van der Waals surface area (Å²) in [7, 11) is 0. The van der Waals surface area contributed by atoms with E-state index < -0.39 is 18.4 Å². The number of hydrogen-bond donors (Lipinski definition) is 0. The molecular weight excluding hydrogens is 347 g/mol. The van der Waals surface area contributed by atoms with Gasteiger partial charge in [-0.05, 0) is 0 Å². The van der Waals surface area contributed by atoms with Crippen LogP contribution in [-0.4, -0.2) is 18.4 Å². The molecule has 0 aliphatic rings. The van der Waals surface area contributed by atoms with Crippen LogP contribution in [0.1, 0.15) is 65.7 Å². The van der Waals surface area contributed by atoms with Crippen molar-refractivity contribution in [1.82, 2.24) is 0 Å². The predicted molar refractivity (Wildman–Crippen MR) is 95.6 cm³/mol. The zero-order chi connectivity index (χ0) is 14.7. The van der Waals surface area contributed by atoms with E-state index in [9.17, 15) is 0 Å². The van der Waals surface area contributed by atoms with Crippen molar-refractivity contribution in [2.45, 2.75) is 79.0 Å². The minimum atomic E-state index is -2.12. The quantitative estimate of drug-likeness (QED) is 0.319. The van der Waals surface area contributed by atoms with Crippen LogP contribution in [0.4, 0.5) is 0 Å². The van der Waals surface area contributed by atoms with Crippen molar-refractivity contribution in [3.05, 3.63) is 30.3 Å². The second-order valence-electron chi connectivity index (χ2n) is 6.31. The summed E-state index contributed by atoms with van der Waals surface area (Å²) in [6.45, 7) is 7.04. The third-order valence-corrected chi connectivity index (χ3v) is 20.3. The monoisotopic (exact) mass is 382 g/mol. The molecule has 0 aliphatic heterocycles. The molecule has 0 spiro atoms. The van der Waals surface area contributed by atoms with Crippen molar-refractivity contribution in [2.24, 2.45) is 0 Å². The summed E-state index contributed by atoms with van der Waals surface area (Å²) < 4.78 is 6.56. The Balaban J connectivity index is 2.90. The maximum absolute atomic E-state index is 2.47. The molecule has 0 bridgehead atoms. The van der Waals surface area contributed by atoms with E-state index >= 15 is 0 Å². The van der Waals surface area contributed by atoms with Crippen molar-refractivity contribution in [3.63, 3.8) is 0 Å². The van der Waals surface area contributed by atoms with Crippen LogP contribution in [0.2, 0.25) is 13.3 Å². The first-order valence-corrected chi connectivity index (χ1v) is 16.3. The van der Waals surface area contributed by atoms with Gasteiger partial charge < -0.3 is 0 Å². The van der Waals surface area contributed by atoms with Crippen molar-refractivity contribution >= 4 is 22.0 Å². The number of hydrogen-bond acceptors (Lipinski definition) is 0. The molecule has 0 saturated heterocycles. The van der Waals surface area contributed by atoms with Gasteiger partial charge in [0.15, 0.2) is 0 Å². The molecule has 0 aromatic heterocycles. The Hall–Kier alpha value is 0.0187. The molecule has 114 valence electrons. The number of unbranched alkanes of at least 4 members (excludes halogenated alkanes) is 4. The molecular formula is C19H34Sn. The van der Waals surface area contributed by atoms with Crippen LogP contribution in [0.5, 0.6) is 0 Å². The third-order valence-electron chi connectivity index (χ3n) is 4.66. The van der Waals surface area contributed by atoms with E-state index in [0.29, 0.717) is 0 Å². The molecule has 0 saturated carbocycles. The summed E-state index contributed by atoms with van der Waals surface area (Å²) in [5.41, 5.74) is 0.